The van der Waals surface area contributed by atoms with E-state index in [0.29, 0.717) is 10.9 Å². The van der Waals surface area contributed by atoms with Gasteiger partial charge in [0.15, 0.2) is 5.58 Å². The maximum absolute atomic E-state index is 6.71. The lowest BCUT2D eigenvalue weighted by Gasteiger charge is -2.21. The van der Waals surface area contributed by atoms with E-state index in [1.165, 1.54) is 22.3 Å². The SMILES string of the molecule is CC1(C)c2ccccc2-c2c1ccc1c(Cl)cc3nc(-c4ccccc4)oc3c21. The summed E-state index contributed by atoms with van der Waals surface area (Å²) in [4.78, 5) is 4.76. The van der Waals surface area contributed by atoms with Gasteiger partial charge in [-0.3, -0.25) is 0 Å². The molecule has 0 bridgehead atoms. The Morgan fingerprint density at radius 1 is 0.862 bits per heavy atom. The van der Waals surface area contributed by atoms with Gasteiger partial charge in [-0.25, -0.2) is 4.98 Å². The summed E-state index contributed by atoms with van der Waals surface area (Å²) in [5.74, 6) is 0.618. The van der Waals surface area contributed by atoms with E-state index >= 15 is 0 Å². The van der Waals surface area contributed by atoms with Gasteiger partial charge in [0.05, 0.1) is 5.02 Å². The third-order valence-electron chi connectivity index (χ3n) is 6.17. The van der Waals surface area contributed by atoms with Crippen molar-refractivity contribution in [3.63, 3.8) is 0 Å². The van der Waals surface area contributed by atoms with E-state index in [1.54, 1.807) is 0 Å². The van der Waals surface area contributed by atoms with Gasteiger partial charge in [-0.2, -0.15) is 0 Å². The average molecular weight is 396 g/mol. The topological polar surface area (TPSA) is 26.0 Å². The number of aromatic nitrogens is 1. The molecule has 0 fully saturated rings. The molecule has 5 aromatic rings. The number of benzene rings is 4. The van der Waals surface area contributed by atoms with E-state index in [9.17, 15) is 0 Å². The van der Waals surface area contributed by atoms with E-state index in [2.05, 4.69) is 50.2 Å². The standard InChI is InChI=1S/C26H18ClNO/c1-26(2)18-11-7-6-10-16(18)22-19(26)13-12-17-20(27)14-21-24(23(17)22)29-25(28-21)15-8-4-3-5-9-15/h3-14H,1-2H3. The van der Waals surface area contributed by atoms with Crippen LogP contribution in [0.5, 0.6) is 0 Å². The van der Waals surface area contributed by atoms with Crippen molar-refractivity contribution >= 4 is 33.5 Å². The summed E-state index contributed by atoms with van der Waals surface area (Å²) in [7, 11) is 0. The second-order valence-electron chi connectivity index (χ2n) is 8.17. The van der Waals surface area contributed by atoms with E-state index in [0.717, 1.165) is 27.4 Å². The lowest BCUT2D eigenvalue weighted by molar-refractivity contribution is 0.623. The van der Waals surface area contributed by atoms with Gasteiger partial charge in [0.25, 0.3) is 0 Å². The first-order valence-electron chi connectivity index (χ1n) is 9.77. The summed E-state index contributed by atoms with van der Waals surface area (Å²) in [5.41, 5.74) is 7.57. The van der Waals surface area contributed by atoms with Gasteiger partial charge in [0.2, 0.25) is 5.89 Å². The Bertz CT molecular complexity index is 1430. The van der Waals surface area contributed by atoms with Crippen LogP contribution in [0.3, 0.4) is 0 Å². The smallest absolute Gasteiger partial charge is 0.227 e. The minimum atomic E-state index is -0.0724. The monoisotopic (exact) mass is 395 g/mol. The fourth-order valence-electron chi connectivity index (χ4n) is 4.74. The molecule has 0 unspecified atom stereocenters. The molecule has 0 atom stereocenters. The van der Waals surface area contributed by atoms with Crippen LogP contribution in [0.2, 0.25) is 5.02 Å². The summed E-state index contributed by atoms with van der Waals surface area (Å²) in [6.07, 6.45) is 0. The van der Waals surface area contributed by atoms with Crippen molar-refractivity contribution in [2.24, 2.45) is 0 Å². The minimum Gasteiger partial charge on any atom is -0.435 e. The Labute approximate surface area is 173 Å². The Morgan fingerprint density at radius 3 is 2.45 bits per heavy atom. The Kier molecular flexibility index (Phi) is 3.31. The summed E-state index contributed by atoms with van der Waals surface area (Å²) >= 11 is 6.71. The molecule has 1 aliphatic carbocycles. The minimum absolute atomic E-state index is 0.0724. The maximum atomic E-state index is 6.71. The molecular weight excluding hydrogens is 378 g/mol. The van der Waals surface area contributed by atoms with Gasteiger partial charge in [-0.15, -0.1) is 0 Å². The molecule has 2 nitrogen and oxygen atoms in total. The van der Waals surface area contributed by atoms with Gasteiger partial charge in [-0.1, -0.05) is 80.0 Å². The zero-order valence-electron chi connectivity index (χ0n) is 16.2. The van der Waals surface area contributed by atoms with Gasteiger partial charge in [0, 0.05) is 21.8 Å². The number of hydrogen-bond acceptors (Lipinski definition) is 2. The molecule has 29 heavy (non-hydrogen) atoms. The quantitative estimate of drug-likeness (QED) is 0.292. The van der Waals surface area contributed by atoms with E-state index < -0.39 is 0 Å². The lowest BCUT2D eigenvalue weighted by Crippen LogP contribution is -2.14. The molecule has 0 spiro atoms. The molecule has 1 aromatic heterocycles. The molecule has 1 aliphatic rings. The highest BCUT2D eigenvalue weighted by atomic mass is 35.5. The van der Waals surface area contributed by atoms with E-state index in [4.69, 9.17) is 21.0 Å². The number of rotatable bonds is 1. The lowest BCUT2D eigenvalue weighted by atomic mass is 9.82. The number of fused-ring (bicyclic) bond motifs is 7. The Hall–Kier alpha value is -3.10. The predicted octanol–water partition coefficient (Wildman–Crippen LogP) is 7.61. The van der Waals surface area contributed by atoms with Crippen molar-refractivity contribution in [1.29, 1.82) is 0 Å². The van der Waals surface area contributed by atoms with Gasteiger partial charge in [-0.05, 0) is 40.5 Å². The number of nitrogens with zero attached hydrogens (tertiary/aromatic N) is 1. The Balaban J connectivity index is 1.78. The highest BCUT2D eigenvalue weighted by molar-refractivity contribution is 6.38. The average Bonchev–Trinajstić information content (AvgIpc) is 3.26. The summed E-state index contributed by atoms with van der Waals surface area (Å²) in [5, 5.41) is 2.75. The van der Waals surface area contributed by atoms with Crippen molar-refractivity contribution in [3.05, 3.63) is 88.9 Å². The zero-order chi connectivity index (χ0) is 19.8. The van der Waals surface area contributed by atoms with Crippen molar-refractivity contribution in [2.45, 2.75) is 19.3 Å². The van der Waals surface area contributed by atoms with Crippen molar-refractivity contribution in [3.8, 4) is 22.6 Å². The van der Waals surface area contributed by atoms with Crippen molar-refractivity contribution in [2.75, 3.05) is 0 Å². The predicted molar refractivity (Wildman–Crippen MR) is 120 cm³/mol. The van der Waals surface area contributed by atoms with Gasteiger partial charge >= 0.3 is 0 Å². The first-order chi connectivity index (χ1) is 14.1. The largest absolute Gasteiger partial charge is 0.435 e. The normalized spacial score (nSPS) is 14.3. The Morgan fingerprint density at radius 2 is 1.62 bits per heavy atom. The molecule has 1 heterocycles. The van der Waals surface area contributed by atoms with Crippen LogP contribution in [-0.4, -0.2) is 4.98 Å². The van der Waals surface area contributed by atoms with Crippen LogP contribution in [-0.2, 0) is 5.41 Å². The third kappa shape index (κ3) is 2.21. The zero-order valence-corrected chi connectivity index (χ0v) is 16.9. The molecule has 0 radical (unpaired) electrons. The van der Waals surface area contributed by atoms with Crippen molar-refractivity contribution < 1.29 is 4.42 Å². The van der Waals surface area contributed by atoms with Crippen LogP contribution in [0.15, 0.2) is 77.2 Å². The van der Waals surface area contributed by atoms with Crippen LogP contribution in [0.1, 0.15) is 25.0 Å². The fraction of sp³-hybridized carbons (Fsp3) is 0.115. The summed E-state index contributed by atoms with van der Waals surface area (Å²) in [6, 6.07) is 24.9. The van der Waals surface area contributed by atoms with Crippen LogP contribution in [0.25, 0.3) is 44.5 Å². The highest BCUT2D eigenvalue weighted by Crippen LogP contribution is 2.53. The molecule has 0 N–H and O–H groups in total. The number of hydrogen-bond donors (Lipinski definition) is 0. The van der Waals surface area contributed by atoms with Crippen LogP contribution in [0, 0.1) is 0 Å². The second-order valence-corrected chi connectivity index (χ2v) is 8.58. The summed E-state index contributed by atoms with van der Waals surface area (Å²) in [6.45, 7) is 4.56. The van der Waals surface area contributed by atoms with E-state index in [1.807, 2.05) is 36.4 Å². The third-order valence-corrected chi connectivity index (χ3v) is 6.48. The molecule has 3 heteroatoms. The van der Waals surface area contributed by atoms with Crippen LogP contribution in [0.4, 0.5) is 0 Å². The molecule has 0 saturated carbocycles. The molecule has 0 aliphatic heterocycles. The molecule has 140 valence electrons. The molecule has 0 amide bonds. The van der Waals surface area contributed by atoms with Gasteiger partial charge in [0.1, 0.15) is 5.52 Å². The molecular formula is C26H18ClNO. The number of halogens is 1. The first-order valence-corrected chi connectivity index (χ1v) is 10.1. The molecule has 4 aromatic carbocycles. The molecule has 0 saturated heterocycles. The number of oxazole rings is 1. The van der Waals surface area contributed by atoms with E-state index in [-0.39, 0.29) is 5.41 Å². The fourth-order valence-corrected chi connectivity index (χ4v) is 5.00. The maximum Gasteiger partial charge on any atom is 0.227 e. The molecule has 6 rings (SSSR count). The first kappa shape index (κ1) is 16.8. The van der Waals surface area contributed by atoms with Gasteiger partial charge < -0.3 is 4.42 Å². The summed E-state index contributed by atoms with van der Waals surface area (Å²) < 4.78 is 6.36. The second kappa shape index (κ2) is 5.71. The van der Waals surface area contributed by atoms with Crippen LogP contribution < -0.4 is 0 Å². The highest BCUT2D eigenvalue weighted by Gasteiger charge is 2.37. The van der Waals surface area contributed by atoms with Crippen molar-refractivity contribution in [1.82, 2.24) is 4.98 Å². The van der Waals surface area contributed by atoms with Crippen LogP contribution >= 0.6 is 11.6 Å².